The Morgan fingerprint density at radius 1 is 1.07 bits per heavy atom. The lowest BCUT2D eigenvalue weighted by atomic mass is 10.1. The molecule has 0 aliphatic carbocycles. The fraction of sp³-hybridized carbons (Fsp3) is 0.300. The second-order valence-electron chi connectivity index (χ2n) is 6.64. The Kier molecular flexibility index (Phi) is 6.79. The summed E-state index contributed by atoms with van der Waals surface area (Å²) in [6, 6.07) is 13.6. The van der Waals surface area contributed by atoms with Gasteiger partial charge in [-0.15, -0.1) is 0 Å². The molecule has 0 heterocycles. The molecule has 2 aromatic rings. The molecule has 0 atom stereocenters. The van der Waals surface area contributed by atoms with Crippen LogP contribution < -0.4 is 25.8 Å². The number of nitrogens with two attached hydrogens (primary N) is 1. The van der Waals surface area contributed by atoms with Gasteiger partial charge < -0.3 is 25.8 Å². The summed E-state index contributed by atoms with van der Waals surface area (Å²) >= 11 is 0. The van der Waals surface area contributed by atoms with Crippen molar-refractivity contribution in [3.63, 3.8) is 0 Å². The second kappa shape index (κ2) is 9.05. The van der Waals surface area contributed by atoms with Crippen LogP contribution in [0.1, 0.15) is 24.2 Å². The summed E-state index contributed by atoms with van der Waals surface area (Å²) in [6.45, 7) is 3.89. The Balaban J connectivity index is 1.87. The summed E-state index contributed by atoms with van der Waals surface area (Å²) in [4.78, 5) is 24.2. The summed E-state index contributed by atoms with van der Waals surface area (Å²) in [6.07, 6.45) is 0. The molecule has 0 aromatic heterocycles. The maximum atomic E-state index is 12.2. The molecule has 4 N–H and O–H groups in total. The summed E-state index contributed by atoms with van der Waals surface area (Å²) in [7, 11) is 1.56. The lowest BCUT2D eigenvalue weighted by Crippen LogP contribution is -2.48. The van der Waals surface area contributed by atoms with Crippen molar-refractivity contribution in [2.24, 2.45) is 5.73 Å². The van der Waals surface area contributed by atoms with Gasteiger partial charge in [0.2, 0.25) is 0 Å². The Hall–Kier alpha value is -3.06. The fourth-order valence-electron chi connectivity index (χ4n) is 2.18. The minimum absolute atomic E-state index is 0.150. The van der Waals surface area contributed by atoms with Crippen molar-refractivity contribution < 1.29 is 19.1 Å². The van der Waals surface area contributed by atoms with Gasteiger partial charge in [-0.1, -0.05) is 6.07 Å². The molecule has 0 unspecified atom stereocenters. The van der Waals surface area contributed by atoms with Crippen LogP contribution >= 0.6 is 0 Å². The van der Waals surface area contributed by atoms with Gasteiger partial charge in [0.25, 0.3) is 11.8 Å². The van der Waals surface area contributed by atoms with Crippen LogP contribution in [0.15, 0.2) is 48.5 Å². The average molecular weight is 371 g/mol. The first kappa shape index (κ1) is 20.3. The van der Waals surface area contributed by atoms with Crippen molar-refractivity contribution in [2.45, 2.75) is 19.4 Å². The predicted molar refractivity (Wildman–Crippen MR) is 104 cm³/mol. The van der Waals surface area contributed by atoms with E-state index in [1.807, 2.05) is 13.8 Å². The average Bonchev–Trinajstić information content (AvgIpc) is 2.66. The van der Waals surface area contributed by atoms with Crippen molar-refractivity contribution >= 4 is 17.5 Å². The van der Waals surface area contributed by atoms with Crippen molar-refractivity contribution in [3.05, 3.63) is 54.1 Å². The Morgan fingerprint density at radius 3 is 2.41 bits per heavy atom. The molecule has 0 aliphatic rings. The molecule has 0 aliphatic heterocycles. The van der Waals surface area contributed by atoms with E-state index in [4.69, 9.17) is 15.2 Å². The maximum absolute atomic E-state index is 12.2. The van der Waals surface area contributed by atoms with Crippen LogP contribution in [-0.4, -0.2) is 37.6 Å². The minimum atomic E-state index is -0.482. The van der Waals surface area contributed by atoms with Crippen LogP contribution in [0.2, 0.25) is 0 Å². The first-order valence-electron chi connectivity index (χ1n) is 8.52. The van der Waals surface area contributed by atoms with Gasteiger partial charge in [-0.25, -0.2) is 0 Å². The van der Waals surface area contributed by atoms with E-state index < -0.39 is 5.54 Å². The second-order valence-corrected chi connectivity index (χ2v) is 6.64. The number of ether oxygens (including phenoxy) is 2. The van der Waals surface area contributed by atoms with E-state index in [1.165, 1.54) is 0 Å². The van der Waals surface area contributed by atoms with Gasteiger partial charge in [-0.05, 0) is 50.2 Å². The number of nitrogens with one attached hydrogen (secondary N) is 2. The van der Waals surface area contributed by atoms with Crippen LogP contribution in [0, 0.1) is 0 Å². The SMILES string of the molecule is COc1cccc(NC(=O)COc2ccc(C(=O)NC(C)(C)CN)cc2)c1. The quantitative estimate of drug-likeness (QED) is 0.660. The summed E-state index contributed by atoms with van der Waals surface area (Å²) < 4.78 is 10.6. The lowest BCUT2D eigenvalue weighted by molar-refractivity contribution is -0.118. The van der Waals surface area contributed by atoms with Gasteiger partial charge in [-0.2, -0.15) is 0 Å². The number of methoxy groups -OCH3 is 1. The molecular formula is C20H25N3O4. The third-order valence-corrected chi connectivity index (χ3v) is 3.80. The van der Waals surface area contributed by atoms with E-state index in [1.54, 1.807) is 55.6 Å². The highest BCUT2D eigenvalue weighted by molar-refractivity contribution is 5.95. The van der Waals surface area contributed by atoms with Gasteiger partial charge in [0, 0.05) is 29.4 Å². The number of anilines is 1. The molecule has 0 fully saturated rings. The molecule has 0 radical (unpaired) electrons. The standard InChI is InChI=1S/C20H25N3O4/c1-20(2,13-21)23-19(25)14-7-9-16(10-8-14)27-12-18(24)22-15-5-4-6-17(11-15)26-3/h4-11H,12-13,21H2,1-3H3,(H,22,24)(H,23,25). The van der Waals surface area contributed by atoms with Crippen molar-refractivity contribution in [1.82, 2.24) is 5.32 Å². The van der Waals surface area contributed by atoms with Crippen molar-refractivity contribution in [3.8, 4) is 11.5 Å². The minimum Gasteiger partial charge on any atom is -0.497 e. The number of carbonyl (C=O) groups excluding carboxylic acids is 2. The van der Waals surface area contributed by atoms with Gasteiger partial charge in [0.05, 0.1) is 7.11 Å². The largest absolute Gasteiger partial charge is 0.497 e. The zero-order valence-electron chi connectivity index (χ0n) is 15.7. The zero-order valence-corrected chi connectivity index (χ0v) is 15.7. The van der Waals surface area contributed by atoms with Crippen molar-refractivity contribution in [1.29, 1.82) is 0 Å². The Morgan fingerprint density at radius 2 is 1.78 bits per heavy atom. The number of carbonyl (C=O) groups is 2. The highest BCUT2D eigenvalue weighted by Gasteiger charge is 2.19. The van der Waals surface area contributed by atoms with Crippen LogP contribution in [0.3, 0.4) is 0 Å². The molecule has 0 saturated heterocycles. The molecule has 2 amide bonds. The molecule has 0 spiro atoms. The summed E-state index contributed by atoms with van der Waals surface area (Å²) in [5.74, 6) is 0.633. The molecule has 27 heavy (non-hydrogen) atoms. The number of benzene rings is 2. The number of amides is 2. The van der Waals surface area contributed by atoms with E-state index >= 15 is 0 Å². The lowest BCUT2D eigenvalue weighted by Gasteiger charge is -2.24. The predicted octanol–water partition coefficient (Wildman–Crippen LogP) is 2.18. The fourth-order valence-corrected chi connectivity index (χ4v) is 2.18. The molecule has 0 saturated carbocycles. The molecule has 7 nitrogen and oxygen atoms in total. The molecule has 2 aromatic carbocycles. The third-order valence-electron chi connectivity index (χ3n) is 3.80. The first-order chi connectivity index (χ1) is 12.8. The van der Waals surface area contributed by atoms with E-state index in [9.17, 15) is 9.59 Å². The van der Waals surface area contributed by atoms with Crippen LogP contribution in [-0.2, 0) is 4.79 Å². The van der Waals surface area contributed by atoms with E-state index in [2.05, 4.69) is 10.6 Å². The monoisotopic (exact) mass is 371 g/mol. The van der Waals surface area contributed by atoms with E-state index in [0.717, 1.165) is 0 Å². The molecule has 144 valence electrons. The number of hydrogen-bond donors (Lipinski definition) is 3. The third kappa shape index (κ3) is 6.31. The molecule has 2 rings (SSSR count). The highest BCUT2D eigenvalue weighted by Crippen LogP contribution is 2.17. The van der Waals surface area contributed by atoms with Gasteiger partial charge in [0.1, 0.15) is 11.5 Å². The molecular weight excluding hydrogens is 346 g/mol. The van der Waals surface area contributed by atoms with E-state index in [0.29, 0.717) is 29.3 Å². The van der Waals surface area contributed by atoms with Crippen LogP contribution in [0.5, 0.6) is 11.5 Å². The van der Waals surface area contributed by atoms with Crippen LogP contribution in [0.4, 0.5) is 5.69 Å². The van der Waals surface area contributed by atoms with Crippen LogP contribution in [0.25, 0.3) is 0 Å². The van der Waals surface area contributed by atoms with Gasteiger partial charge in [-0.3, -0.25) is 9.59 Å². The first-order valence-corrected chi connectivity index (χ1v) is 8.52. The Labute approximate surface area is 158 Å². The number of rotatable bonds is 8. The molecule has 7 heteroatoms. The zero-order chi connectivity index (χ0) is 19.9. The Bertz CT molecular complexity index is 788. The van der Waals surface area contributed by atoms with E-state index in [-0.39, 0.29) is 18.4 Å². The summed E-state index contributed by atoms with van der Waals surface area (Å²) in [5, 5.41) is 5.58. The van der Waals surface area contributed by atoms with Crippen molar-refractivity contribution in [2.75, 3.05) is 25.6 Å². The highest BCUT2D eigenvalue weighted by atomic mass is 16.5. The summed E-state index contributed by atoms with van der Waals surface area (Å²) in [5.41, 5.74) is 6.25. The maximum Gasteiger partial charge on any atom is 0.262 e. The molecule has 0 bridgehead atoms. The smallest absolute Gasteiger partial charge is 0.262 e. The van der Waals surface area contributed by atoms with Gasteiger partial charge >= 0.3 is 0 Å². The topological polar surface area (TPSA) is 103 Å². The number of hydrogen-bond acceptors (Lipinski definition) is 5. The normalized spacial score (nSPS) is 10.8. The van der Waals surface area contributed by atoms with Gasteiger partial charge in [0.15, 0.2) is 6.61 Å².